The van der Waals surface area contributed by atoms with Crippen LogP contribution in [0.5, 0.6) is 0 Å². The lowest BCUT2D eigenvalue weighted by Crippen LogP contribution is -2.00. The minimum atomic E-state index is -0.322. The van der Waals surface area contributed by atoms with Crippen LogP contribution in [0.15, 0.2) is 18.2 Å². The smallest absolute Gasteiger partial charge is 0.305 e. The zero-order valence-electron chi connectivity index (χ0n) is 15.1. The maximum atomic E-state index is 11.0. The van der Waals surface area contributed by atoms with Gasteiger partial charge in [0, 0.05) is 16.2 Å². The molecule has 0 amide bonds. The Morgan fingerprint density at radius 2 is 2.00 bits per heavy atom. The van der Waals surface area contributed by atoms with E-state index >= 15 is 0 Å². The van der Waals surface area contributed by atoms with Gasteiger partial charge in [0.2, 0.25) is 0 Å². The number of carbonyl (C=O) groups excluding carboxylic acids is 1. The van der Waals surface area contributed by atoms with Crippen LogP contribution in [0.2, 0.25) is 0 Å². The summed E-state index contributed by atoms with van der Waals surface area (Å²) in [5.74, 6) is -0.110. The number of hydrogen-bond donors (Lipinski definition) is 1. The molecule has 1 unspecified atom stereocenters. The van der Waals surface area contributed by atoms with Crippen molar-refractivity contribution in [2.45, 2.75) is 77.2 Å². The molecule has 1 N–H and O–H groups in total. The molecule has 24 heavy (non-hydrogen) atoms. The fourth-order valence-corrected chi connectivity index (χ4v) is 3.52. The summed E-state index contributed by atoms with van der Waals surface area (Å²) in [5.41, 5.74) is 0. The molecular formula is C20H32O3S. The van der Waals surface area contributed by atoms with Gasteiger partial charge < -0.3 is 9.84 Å². The predicted octanol–water partition coefficient (Wildman–Crippen LogP) is 5.37. The van der Waals surface area contributed by atoms with Crippen LogP contribution in [0.1, 0.15) is 74.5 Å². The summed E-state index contributed by atoms with van der Waals surface area (Å²) in [5, 5.41) is 9.91. The van der Waals surface area contributed by atoms with Crippen molar-refractivity contribution in [2.75, 3.05) is 7.11 Å². The highest BCUT2D eigenvalue weighted by Gasteiger charge is 2.02. The van der Waals surface area contributed by atoms with Gasteiger partial charge in [0.05, 0.1) is 13.2 Å². The molecule has 1 aromatic rings. The maximum Gasteiger partial charge on any atom is 0.305 e. The largest absolute Gasteiger partial charge is 0.469 e. The van der Waals surface area contributed by atoms with E-state index in [0.717, 1.165) is 44.9 Å². The molecule has 0 saturated heterocycles. The van der Waals surface area contributed by atoms with Gasteiger partial charge in [-0.3, -0.25) is 4.79 Å². The van der Waals surface area contributed by atoms with Crippen molar-refractivity contribution in [3.05, 3.63) is 28.0 Å². The number of thiophene rings is 1. The number of esters is 1. The summed E-state index contributed by atoms with van der Waals surface area (Å²) in [6.07, 6.45) is 13.9. The van der Waals surface area contributed by atoms with Gasteiger partial charge in [-0.1, -0.05) is 45.1 Å². The van der Waals surface area contributed by atoms with Crippen LogP contribution >= 0.6 is 11.3 Å². The van der Waals surface area contributed by atoms with Crippen molar-refractivity contribution in [1.29, 1.82) is 0 Å². The van der Waals surface area contributed by atoms with Gasteiger partial charge >= 0.3 is 5.97 Å². The van der Waals surface area contributed by atoms with E-state index in [4.69, 9.17) is 0 Å². The van der Waals surface area contributed by atoms with E-state index < -0.39 is 0 Å². The molecule has 0 aliphatic heterocycles. The van der Waals surface area contributed by atoms with Crippen molar-refractivity contribution in [3.63, 3.8) is 0 Å². The molecule has 0 aromatic carbocycles. The van der Waals surface area contributed by atoms with E-state index in [1.165, 1.54) is 29.7 Å². The van der Waals surface area contributed by atoms with Gasteiger partial charge in [-0.15, -0.1) is 11.3 Å². The summed E-state index contributed by atoms with van der Waals surface area (Å²) in [6.45, 7) is 2.18. The predicted molar refractivity (Wildman–Crippen MR) is 102 cm³/mol. The van der Waals surface area contributed by atoms with E-state index in [0.29, 0.717) is 6.42 Å². The number of hydrogen-bond acceptors (Lipinski definition) is 4. The number of carbonyl (C=O) groups is 1. The Balaban J connectivity index is 2.17. The normalized spacial score (nSPS) is 12.6. The van der Waals surface area contributed by atoms with E-state index in [9.17, 15) is 9.90 Å². The molecule has 0 fully saturated rings. The first-order chi connectivity index (χ1) is 11.7. The topological polar surface area (TPSA) is 46.5 Å². The average molecular weight is 353 g/mol. The van der Waals surface area contributed by atoms with Gasteiger partial charge in [0.1, 0.15) is 0 Å². The lowest BCUT2D eigenvalue weighted by Gasteiger charge is -2.03. The fourth-order valence-electron chi connectivity index (χ4n) is 2.55. The number of aryl methyl sites for hydroxylation is 1. The second-order valence-electron chi connectivity index (χ2n) is 6.22. The summed E-state index contributed by atoms with van der Waals surface area (Å²) in [7, 11) is 1.44. The van der Waals surface area contributed by atoms with E-state index in [2.05, 4.69) is 23.8 Å². The highest BCUT2D eigenvalue weighted by molar-refractivity contribution is 7.12. The van der Waals surface area contributed by atoms with Crippen molar-refractivity contribution in [1.82, 2.24) is 0 Å². The Bertz CT molecular complexity index is 479. The first-order valence-corrected chi connectivity index (χ1v) is 9.99. The minimum Gasteiger partial charge on any atom is -0.469 e. The molecule has 1 heterocycles. The zero-order valence-corrected chi connectivity index (χ0v) is 15.9. The van der Waals surface area contributed by atoms with Crippen molar-refractivity contribution in [3.8, 4) is 0 Å². The number of unbranched alkanes of at least 4 members (excludes halogenated alkanes) is 5. The third-order valence-corrected chi connectivity index (χ3v) is 5.16. The SMILES string of the molecule is CCCCCC(O)/C=C/c1ccc(CCCCCCC(=O)OC)s1. The molecule has 136 valence electrons. The van der Waals surface area contributed by atoms with Gasteiger partial charge in [-0.05, 0) is 43.9 Å². The molecule has 1 aromatic heterocycles. The summed E-state index contributed by atoms with van der Waals surface area (Å²) < 4.78 is 4.63. The van der Waals surface area contributed by atoms with Crippen LogP contribution in [-0.4, -0.2) is 24.3 Å². The van der Waals surface area contributed by atoms with Gasteiger partial charge in [-0.2, -0.15) is 0 Å². The highest BCUT2D eigenvalue weighted by atomic mass is 32.1. The molecule has 0 aliphatic carbocycles. The van der Waals surface area contributed by atoms with Gasteiger partial charge in [0.15, 0.2) is 0 Å². The lowest BCUT2D eigenvalue weighted by atomic mass is 10.1. The Labute approximate surface area is 150 Å². The molecule has 0 bridgehead atoms. The van der Waals surface area contributed by atoms with Gasteiger partial charge in [0.25, 0.3) is 0 Å². The third kappa shape index (κ3) is 9.89. The third-order valence-electron chi connectivity index (χ3n) is 4.05. The fraction of sp³-hybridized carbons (Fsp3) is 0.650. The number of methoxy groups -OCH3 is 1. The highest BCUT2D eigenvalue weighted by Crippen LogP contribution is 2.21. The van der Waals surface area contributed by atoms with Crippen LogP contribution in [0.25, 0.3) is 6.08 Å². The van der Waals surface area contributed by atoms with Crippen molar-refractivity contribution in [2.24, 2.45) is 0 Å². The van der Waals surface area contributed by atoms with E-state index in [-0.39, 0.29) is 12.1 Å². The molecule has 0 spiro atoms. The summed E-state index contributed by atoms with van der Waals surface area (Å²) in [6, 6.07) is 4.31. The van der Waals surface area contributed by atoms with Crippen molar-refractivity contribution < 1.29 is 14.6 Å². The Hall–Kier alpha value is -1.13. The van der Waals surface area contributed by atoms with E-state index in [1.807, 2.05) is 12.2 Å². The number of aliphatic hydroxyl groups excluding tert-OH is 1. The van der Waals surface area contributed by atoms with E-state index in [1.54, 1.807) is 11.3 Å². The maximum absolute atomic E-state index is 11.0. The number of aliphatic hydroxyl groups is 1. The first-order valence-electron chi connectivity index (χ1n) is 9.17. The molecule has 1 atom stereocenters. The van der Waals surface area contributed by atoms with Gasteiger partial charge in [-0.25, -0.2) is 0 Å². The zero-order chi connectivity index (χ0) is 17.6. The Morgan fingerprint density at radius 3 is 2.75 bits per heavy atom. The standard InChI is InChI=1S/C20H32O3S/c1-3-4-7-10-17(21)13-14-19-16-15-18(24-19)11-8-5-6-9-12-20(22)23-2/h13-17,21H,3-12H2,1-2H3/b14-13+. The molecule has 1 rings (SSSR count). The lowest BCUT2D eigenvalue weighted by molar-refractivity contribution is -0.140. The van der Waals surface area contributed by atoms with Crippen molar-refractivity contribution >= 4 is 23.4 Å². The monoisotopic (exact) mass is 352 g/mol. The van der Waals surface area contributed by atoms with Crippen LogP contribution in [0, 0.1) is 0 Å². The molecule has 0 radical (unpaired) electrons. The summed E-state index contributed by atoms with van der Waals surface area (Å²) in [4.78, 5) is 13.6. The molecular weight excluding hydrogens is 320 g/mol. The minimum absolute atomic E-state index is 0.110. The number of ether oxygens (including phenoxy) is 1. The van der Waals surface area contributed by atoms with Crippen LogP contribution in [-0.2, 0) is 16.0 Å². The first kappa shape index (κ1) is 20.9. The van der Waals surface area contributed by atoms with Crippen LogP contribution in [0.3, 0.4) is 0 Å². The molecule has 3 nitrogen and oxygen atoms in total. The number of rotatable bonds is 13. The second-order valence-corrected chi connectivity index (χ2v) is 7.42. The Morgan fingerprint density at radius 1 is 1.21 bits per heavy atom. The molecule has 0 saturated carbocycles. The summed E-state index contributed by atoms with van der Waals surface area (Å²) >= 11 is 1.80. The van der Waals surface area contributed by atoms with Crippen LogP contribution in [0.4, 0.5) is 0 Å². The quantitative estimate of drug-likeness (QED) is 0.383. The average Bonchev–Trinajstić information content (AvgIpc) is 3.04. The molecule has 4 heteroatoms. The van der Waals surface area contributed by atoms with Crippen LogP contribution < -0.4 is 0 Å². The second kappa shape index (κ2) is 13.2. The molecule has 0 aliphatic rings. The Kier molecular flexibility index (Phi) is 11.5.